The van der Waals surface area contributed by atoms with E-state index in [4.69, 9.17) is 4.74 Å². The quantitative estimate of drug-likeness (QED) is 0.763. The van der Waals surface area contributed by atoms with Crippen LogP contribution in [0.15, 0.2) is 12.4 Å². The number of imidazole rings is 1. The molecule has 16 heavy (non-hydrogen) atoms. The van der Waals surface area contributed by atoms with E-state index < -0.39 is 0 Å². The van der Waals surface area contributed by atoms with Crippen molar-refractivity contribution in [2.75, 3.05) is 14.2 Å². The lowest BCUT2D eigenvalue weighted by Crippen LogP contribution is -2.40. The summed E-state index contributed by atoms with van der Waals surface area (Å²) in [5, 5.41) is 3.32. The lowest BCUT2D eigenvalue weighted by Gasteiger charge is -2.24. The molecule has 1 aromatic rings. The molecule has 0 aliphatic rings. The van der Waals surface area contributed by atoms with Crippen LogP contribution in [0, 0.1) is 0 Å². The predicted octanol–water partition coefficient (Wildman–Crippen LogP) is 1.46. The molecule has 0 saturated heterocycles. The van der Waals surface area contributed by atoms with Crippen molar-refractivity contribution in [3.63, 3.8) is 0 Å². The highest BCUT2D eigenvalue weighted by molar-refractivity contribution is 4.97. The fraction of sp³-hybridized carbons (Fsp3) is 0.750. The van der Waals surface area contributed by atoms with Crippen molar-refractivity contribution in [2.45, 2.75) is 45.4 Å². The molecule has 0 amide bonds. The zero-order valence-electron chi connectivity index (χ0n) is 10.7. The molecular weight excluding hydrogens is 202 g/mol. The van der Waals surface area contributed by atoms with Crippen LogP contribution in [0.3, 0.4) is 0 Å². The standard InChI is InChI=1S/C12H23N3O/c1-5-11(16-4)10(13-3)9-12-14-7-8-15(12)6-2/h7-8,10-11,13H,5-6,9H2,1-4H3. The van der Waals surface area contributed by atoms with Gasteiger partial charge in [0, 0.05) is 38.5 Å². The van der Waals surface area contributed by atoms with E-state index in [0.29, 0.717) is 6.04 Å². The van der Waals surface area contributed by atoms with E-state index in [1.807, 2.05) is 19.4 Å². The number of aryl methyl sites for hydroxylation is 1. The third-order valence-corrected chi connectivity index (χ3v) is 3.07. The highest BCUT2D eigenvalue weighted by Gasteiger charge is 2.19. The Morgan fingerprint density at radius 3 is 2.75 bits per heavy atom. The van der Waals surface area contributed by atoms with E-state index in [2.05, 4.69) is 28.7 Å². The third-order valence-electron chi connectivity index (χ3n) is 3.07. The van der Waals surface area contributed by atoms with Crippen LogP contribution in [-0.4, -0.2) is 35.9 Å². The first-order valence-electron chi connectivity index (χ1n) is 5.96. The van der Waals surface area contributed by atoms with Crippen molar-refractivity contribution >= 4 is 0 Å². The summed E-state index contributed by atoms with van der Waals surface area (Å²) in [4.78, 5) is 4.39. The number of nitrogens with zero attached hydrogens (tertiary/aromatic N) is 2. The summed E-state index contributed by atoms with van der Waals surface area (Å²) >= 11 is 0. The second-order valence-electron chi connectivity index (χ2n) is 3.91. The Morgan fingerprint density at radius 2 is 2.25 bits per heavy atom. The maximum Gasteiger partial charge on any atom is 0.110 e. The largest absolute Gasteiger partial charge is 0.380 e. The topological polar surface area (TPSA) is 39.1 Å². The molecule has 2 atom stereocenters. The molecule has 92 valence electrons. The van der Waals surface area contributed by atoms with Gasteiger partial charge in [0.05, 0.1) is 6.10 Å². The zero-order valence-corrected chi connectivity index (χ0v) is 10.7. The molecule has 1 heterocycles. The Balaban J connectivity index is 2.69. The van der Waals surface area contributed by atoms with E-state index in [1.165, 1.54) is 0 Å². The number of likely N-dealkylation sites (N-methyl/N-ethyl adjacent to an activating group) is 1. The lowest BCUT2D eigenvalue weighted by molar-refractivity contribution is 0.0669. The van der Waals surface area contributed by atoms with Gasteiger partial charge in [0.1, 0.15) is 5.82 Å². The minimum absolute atomic E-state index is 0.243. The molecular formula is C12H23N3O. The van der Waals surface area contributed by atoms with Crippen LogP contribution in [0.5, 0.6) is 0 Å². The molecule has 1 N–H and O–H groups in total. The first kappa shape index (κ1) is 13.2. The summed E-state index contributed by atoms with van der Waals surface area (Å²) < 4.78 is 7.65. The lowest BCUT2D eigenvalue weighted by atomic mass is 10.0. The van der Waals surface area contributed by atoms with Gasteiger partial charge >= 0.3 is 0 Å². The summed E-state index contributed by atoms with van der Waals surface area (Å²) in [6, 6.07) is 0.322. The number of hydrogen-bond donors (Lipinski definition) is 1. The van der Waals surface area contributed by atoms with Crippen LogP contribution < -0.4 is 5.32 Å². The number of rotatable bonds is 7. The zero-order chi connectivity index (χ0) is 12.0. The summed E-state index contributed by atoms with van der Waals surface area (Å²) in [7, 11) is 3.75. The Hall–Kier alpha value is -0.870. The van der Waals surface area contributed by atoms with Gasteiger partial charge < -0.3 is 14.6 Å². The van der Waals surface area contributed by atoms with E-state index in [0.717, 1.165) is 25.2 Å². The van der Waals surface area contributed by atoms with Gasteiger partial charge in [0.25, 0.3) is 0 Å². The molecule has 0 spiro atoms. The van der Waals surface area contributed by atoms with E-state index in [-0.39, 0.29) is 6.10 Å². The van der Waals surface area contributed by atoms with Gasteiger partial charge in [0.15, 0.2) is 0 Å². The summed E-state index contributed by atoms with van der Waals surface area (Å²) in [6.45, 7) is 5.24. The van der Waals surface area contributed by atoms with Gasteiger partial charge in [-0.3, -0.25) is 0 Å². The molecule has 0 aromatic carbocycles. The van der Waals surface area contributed by atoms with Gasteiger partial charge in [-0.05, 0) is 20.4 Å². The summed E-state index contributed by atoms with van der Waals surface area (Å²) in [6.07, 6.45) is 6.04. The molecule has 1 aromatic heterocycles. The van der Waals surface area contributed by atoms with Crippen LogP contribution in [0.2, 0.25) is 0 Å². The normalized spacial score (nSPS) is 15.0. The van der Waals surface area contributed by atoms with Crippen molar-refractivity contribution in [2.24, 2.45) is 0 Å². The van der Waals surface area contributed by atoms with Crippen molar-refractivity contribution in [1.29, 1.82) is 0 Å². The number of ether oxygens (including phenoxy) is 1. The van der Waals surface area contributed by atoms with Crippen molar-refractivity contribution < 1.29 is 4.74 Å². The summed E-state index contributed by atoms with van der Waals surface area (Å²) in [5.41, 5.74) is 0. The minimum atomic E-state index is 0.243. The van der Waals surface area contributed by atoms with Gasteiger partial charge in [0.2, 0.25) is 0 Å². The highest BCUT2D eigenvalue weighted by Crippen LogP contribution is 2.09. The Morgan fingerprint density at radius 1 is 1.50 bits per heavy atom. The Labute approximate surface area is 98.0 Å². The molecule has 0 fully saturated rings. The predicted molar refractivity (Wildman–Crippen MR) is 65.5 cm³/mol. The van der Waals surface area contributed by atoms with Crippen LogP contribution >= 0.6 is 0 Å². The molecule has 0 bridgehead atoms. The molecule has 1 rings (SSSR count). The smallest absolute Gasteiger partial charge is 0.110 e. The van der Waals surface area contributed by atoms with Crippen LogP contribution in [0.1, 0.15) is 26.1 Å². The second-order valence-corrected chi connectivity index (χ2v) is 3.91. The fourth-order valence-corrected chi connectivity index (χ4v) is 2.05. The van der Waals surface area contributed by atoms with Gasteiger partial charge in [-0.1, -0.05) is 6.92 Å². The van der Waals surface area contributed by atoms with Gasteiger partial charge in [-0.2, -0.15) is 0 Å². The third kappa shape index (κ3) is 3.06. The number of nitrogens with one attached hydrogen (secondary N) is 1. The van der Waals surface area contributed by atoms with Crippen molar-refractivity contribution in [1.82, 2.24) is 14.9 Å². The molecule has 0 radical (unpaired) electrons. The SMILES string of the molecule is CCC(OC)C(Cc1nccn1CC)NC. The molecule has 0 aliphatic heterocycles. The van der Waals surface area contributed by atoms with E-state index in [1.54, 1.807) is 7.11 Å². The fourth-order valence-electron chi connectivity index (χ4n) is 2.05. The Bertz CT molecular complexity index is 294. The second kappa shape index (κ2) is 6.66. The van der Waals surface area contributed by atoms with Crippen LogP contribution in [-0.2, 0) is 17.7 Å². The molecule has 2 unspecified atom stereocenters. The molecule has 0 aliphatic carbocycles. The molecule has 4 nitrogen and oxygen atoms in total. The maximum atomic E-state index is 5.48. The minimum Gasteiger partial charge on any atom is -0.380 e. The van der Waals surface area contributed by atoms with Crippen LogP contribution in [0.25, 0.3) is 0 Å². The maximum absolute atomic E-state index is 5.48. The highest BCUT2D eigenvalue weighted by atomic mass is 16.5. The number of hydrogen-bond acceptors (Lipinski definition) is 3. The average molecular weight is 225 g/mol. The summed E-state index contributed by atoms with van der Waals surface area (Å²) in [5.74, 6) is 1.12. The van der Waals surface area contributed by atoms with Gasteiger partial charge in [-0.25, -0.2) is 4.98 Å². The van der Waals surface area contributed by atoms with Gasteiger partial charge in [-0.15, -0.1) is 0 Å². The van der Waals surface area contributed by atoms with Crippen molar-refractivity contribution in [3.8, 4) is 0 Å². The molecule has 4 heteroatoms. The first-order valence-corrected chi connectivity index (χ1v) is 5.96. The Kier molecular flexibility index (Phi) is 5.49. The first-order chi connectivity index (χ1) is 7.76. The monoisotopic (exact) mass is 225 g/mol. The van der Waals surface area contributed by atoms with Crippen molar-refractivity contribution in [3.05, 3.63) is 18.2 Å². The molecule has 0 saturated carbocycles. The number of aromatic nitrogens is 2. The van der Waals surface area contributed by atoms with E-state index >= 15 is 0 Å². The average Bonchev–Trinajstić information content (AvgIpc) is 2.76. The van der Waals surface area contributed by atoms with E-state index in [9.17, 15) is 0 Å². The number of methoxy groups -OCH3 is 1. The van der Waals surface area contributed by atoms with Crippen LogP contribution in [0.4, 0.5) is 0 Å².